The number of anilines is 2. The third kappa shape index (κ3) is 3.50. The van der Waals surface area contributed by atoms with Crippen LogP contribution in [0.2, 0.25) is 5.02 Å². The summed E-state index contributed by atoms with van der Waals surface area (Å²) in [5, 5.41) is 3.38. The summed E-state index contributed by atoms with van der Waals surface area (Å²) in [6.07, 6.45) is 1.75. The summed E-state index contributed by atoms with van der Waals surface area (Å²) in [6, 6.07) is 8.41. The van der Waals surface area contributed by atoms with E-state index in [4.69, 9.17) is 16.3 Å². The molecule has 0 atom stereocenters. The molecule has 2 aromatic rings. The van der Waals surface area contributed by atoms with E-state index in [1.807, 2.05) is 6.92 Å². The molecule has 8 heteroatoms. The Morgan fingerprint density at radius 1 is 1.27 bits per heavy atom. The molecular formula is C18H19ClN2O4S. The molecule has 3 rings (SSSR count). The molecule has 26 heavy (non-hydrogen) atoms. The standard InChI is InChI=1S/C18H19ClN2O4S/c1-11-8-15(17(25-2)10-14(11)19)20-18(22)13-4-5-16-12(9-13)6-7-21(16)26(3,23)24/h4-5,8-10H,6-7H2,1-3H3,(H,20,22). The van der Waals surface area contributed by atoms with E-state index >= 15 is 0 Å². The van der Waals surface area contributed by atoms with Crippen LogP contribution < -0.4 is 14.4 Å². The molecule has 2 aromatic carbocycles. The van der Waals surface area contributed by atoms with Crippen molar-refractivity contribution in [1.82, 2.24) is 0 Å². The summed E-state index contributed by atoms with van der Waals surface area (Å²) in [6.45, 7) is 2.23. The number of carbonyl (C=O) groups excluding carboxylic acids is 1. The Morgan fingerprint density at radius 3 is 2.65 bits per heavy atom. The zero-order chi connectivity index (χ0) is 19.1. The number of rotatable bonds is 4. The lowest BCUT2D eigenvalue weighted by Crippen LogP contribution is -2.27. The van der Waals surface area contributed by atoms with Gasteiger partial charge in [-0.05, 0) is 48.7 Å². The molecule has 138 valence electrons. The summed E-state index contributed by atoms with van der Waals surface area (Å²) in [7, 11) is -1.81. The van der Waals surface area contributed by atoms with Gasteiger partial charge in [0, 0.05) is 23.2 Å². The maximum Gasteiger partial charge on any atom is 0.255 e. The first kappa shape index (κ1) is 18.5. The largest absolute Gasteiger partial charge is 0.495 e. The summed E-state index contributed by atoms with van der Waals surface area (Å²) >= 11 is 6.09. The fourth-order valence-corrected chi connectivity index (χ4v) is 4.09. The van der Waals surface area contributed by atoms with Gasteiger partial charge < -0.3 is 10.1 Å². The highest BCUT2D eigenvalue weighted by Gasteiger charge is 2.26. The average Bonchev–Trinajstić information content (AvgIpc) is 3.01. The minimum atomic E-state index is -3.31. The van der Waals surface area contributed by atoms with Crippen molar-refractivity contribution < 1.29 is 17.9 Å². The van der Waals surface area contributed by atoms with E-state index in [1.54, 1.807) is 30.3 Å². The number of benzene rings is 2. The van der Waals surface area contributed by atoms with Gasteiger partial charge in [0.15, 0.2) is 0 Å². The number of nitrogens with zero attached hydrogens (tertiary/aromatic N) is 1. The topological polar surface area (TPSA) is 75.7 Å². The normalized spacial score (nSPS) is 13.5. The first-order valence-electron chi connectivity index (χ1n) is 7.97. The third-order valence-electron chi connectivity index (χ3n) is 4.32. The number of methoxy groups -OCH3 is 1. The fourth-order valence-electron chi connectivity index (χ4n) is 2.98. The molecule has 0 aliphatic carbocycles. The number of amides is 1. The summed E-state index contributed by atoms with van der Waals surface area (Å²) in [5.74, 6) is 0.170. The second-order valence-electron chi connectivity index (χ2n) is 6.18. The number of hydrogen-bond acceptors (Lipinski definition) is 4. The Morgan fingerprint density at radius 2 is 2.00 bits per heavy atom. The van der Waals surface area contributed by atoms with Gasteiger partial charge in [0.25, 0.3) is 5.91 Å². The predicted molar refractivity (Wildman–Crippen MR) is 103 cm³/mol. The summed E-state index contributed by atoms with van der Waals surface area (Å²) < 4.78 is 30.2. The van der Waals surface area contributed by atoms with Crippen LogP contribution in [0, 0.1) is 6.92 Å². The molecule has 1 aliphatic heterocycles. The fraction of sp³-hybridized carbons (Fsp3) is 0.278. The zero-order valence-electron chi connectivity index (χ0n) is 14.7. The van der Waals surface area contributed by atoms with Crippen LogP contribution in [0.1, 0.15) is 21.5 Å². The Hall–Kier alpha value is -2.25. The molecule has 0 spiro atoms. The maximum atomic E-state index is 12.6. The molecule has 1 aliphatic rings. The zero-order valence-corrected chi connectivity index (χ0v) is 16.2. The number of fused-ring (bicyclic) bond motifs is 1. The molecule has 1 N–H and O–H groups in total. The second-order valence-corrected chi connectivity index (χ2v) is 8.50. The summed E-state index contributed by atoms with van der Waals surface area (Å²) in [5.41, 5.74) is 3.26. The van der Waals surface area contributed by atoms with Crippen LogP contribution in [-0.2, 0) is 16.4 Å². The van der Waals surface area contributed by atoms with E-state index in [2.05, 4.69) is 5.32 Å². The van der Waals surface area contributed by atoms with Crippen LogP contribution in [-0.4, -0.2) is 34.2 Å². The van der Waals surface area contributed by atoms with Gasteiger partial charge in [0.1, 0.15) is 5.75 Å². The van der Waals surface area contributed by atoms with Crippen molar-refractivity contribution in [3.63, 3.8) is 0 Å². The highest BCUT2D eigenvalue weighted by molar-refractivity contribution is 7.92. The number of hydrogen-bond donors (Lipinski definition) is 1. The van der Waals surface area contributed by atoms with Crippen molar-refractivity contribution in [2.45, 2.75) is 13.3 Å². The highest BCUT2D eigenvalue weighted by Crippen LogP contribution is 2.33. The van der Waals surface area contributed by atoms with Crippen molar-refractivity contribution in [2.75, 3.05) is 29.5 Å². The van der Waals surface area contributed by atoms with E-state index in [-0.39, 0.29) is 5.91 Å². The van der Waals surface area contributed by atoms with Crippen molar-refractivity contribution in [3.8, 4) is 5.75 Å². The monoisotopic (exact) mass is 394 g/mol. The second kappa shape index (κ2) is 6.81. The maximum absolute atomic E-state index is 12.6. The lowest BCUT2D eigenvalue weighted by Gasteiger charge is -2.16. The molecule has 0 radical (unpaired) electrons. The molecule has 0 aromatic heterocycles. The molecule has 0 saturated carbocycles. The van der Waals surface area contributed by atoms with Gasteiger partial charge in [-0.2, -0.15) is 0 Å². The van der Waals surface area contributed by atoms with Crippen LogP contribution in [0.5, 0.6) is 5.75 Å². The van der Waals surface area contributed by atoms with Gasteiger partial charge in [-0.3, -0.25) is 9.10 Å². The minimum absolute atomic E-state index is 0.300. The van der Waals surface area contributed by atoms with Crippen molar-refractivity contribution in [1.29, 1.82) is 0 Å². The van der Waals surface area contributed by atoms with E-state index in [0.717, 1.165) is 11.1 Å². The Bertz CT molecular complexity index is 989. The third-order valence-corrected chi connectivity index (χ3v) is 5.91. The van der Waals surface area contributed by atoms with Crippen molar-refractivity contribution in [2.24, 2.45) is 0 Å². The van der Waals surface area contributed by atoms with Gasteiger partial charge in [0.05, 0.1) is 24.7 Å². The molecule has 0 saturated heterocycles. The van der Waals surface area contributed by atoms with E-state index in [0.29, 0.717) is 40.7 Å². The number of nitrogens with one attached hydrogen (secondary N) is 1. The van der Waals surface area contributed by atoms with Crippen LogP contribution in [0.25, 0.3) is 0 Å². The predicted octanol–water partition coefficient (Wildman–Crippen LogP) is 3.23. The molecule has 0 bridgehead atoms. The number of halogens is 1. The Balaban J connectivity index is 1.88. The summed E-state index contributed by atoms with van der Waals surface area (Å²) in [4.78, 5) is 12.6. The highest BCUT2D eigenvalue weighted by atomic mass is 35.5. The van der Waals surface area contributed by atoms with Crippen LogP contribution >= 0.6 is 11.6 Å². The first-order valence-corrected chi connectivity index (χ1v) is 10.2. The average molecular weight is 395 g/mol. The van der Waals surface area contributed by atoms with Crippen molar-refractivity contribution >= 4 is 38.9 Å². The smallest absolute Gasteiger partial charge is 0.255 e. The molecule has 0 fully saturated rings. The Labute approximate surface area is 157 Å². The van der Waals surface area contributed by atoms with E-state index in [9.17, 15) is 13.2 Å². The van der Waals surface area contributed by atoms with Crippen LogP contribution in [0.15, 0.2) is 30.3 Å². The van der Waals surface area contributed by atoms with Gasteiger partial charge in [-0.15, -0.1) is 0 Å². The number of aryl methyl sites for hydroxylation is 1. The van der Waals surface area contributed by atoms with Gasteiger partial charge in [-0.25, -0.2) is 8.42 Å². The van der Waals surface area contributed by atoms with Crippen molar-refractivity contribution in [3.05, 3.63) is 52.0 Å². The van der Waals surface area contributed by atoms with Crippen LogP contribution in [0.3, 0.4) is 0 Å². The molecule has 1 amide bonds. The van der Waals surface area contributed by atoms with E-state index < -0.39 is 10.0 Å². The van der Waals surface area contributed by atoms with Gasteiger partial charge >= 0.3 is 0 Å². The first-order chi connectivity index (χ1) is 12.2. The lowest BCUT2D eigenvalue weighted by molar-refractivity contribution is 0.102. The van der Waals surface area contributed by atoms with Gasteiger partial charge in [0.2, 0.25) is 10.0 Å². The SMILES string of the molecule is COc1cc(Cl)c(C)cc1NC(=O)c1ccc2c(c1)CCN2S(C)(=O)=O. The van der Waals surface area contributed by atoms with Gasteiger partial charge in [-0.1, -0.05) is 11.6 Å². The lowest BCUT2D eigenvalue weighted by atomic mass is 10.1. The number of ether oxygens (including phenoxy) is 1. The minimum Gasteiger partial charge on any atom is -0.495 e. The number of sulfonamides is 1. The molecule has 6 nitrogen and oxygen atoms in total. The van der Waals surface area contributed by atoms with Crippen LogP contribution in [0.4, 0.5) is 11.4 Å². The van der Waals surface area contributed by atoms with E-state index in [1.165, 1.54) is 17.7 Å². The Kier molecular flexibility index (Phi) is 4.86. The molecule has 1 heterocycles. The molecule has 0 unspecified atom stereocenters. The number of carbonyl (C=O) groups is 1. The quantitative estimate of drug-likeness (QED) is 0.863. The molecular weight excluding hydrogens is 376 g/mol.